The number of halogens is 6. The highest BCUT2D eigenvalue weighted by molar-refractivity contribution is 5.92. The number of ether oxygens (including phenoxy) is 1. The van der Waals surface area contributed by atoms with Crippen LogP contribution < -0.4 is 10.6 Å². The van der Waals surface area contributed by atoms with Gasteiger partial charge in [0, 0.05) is 33.2 Å². The molecule has 0 spiro atoms. The number of fused-ring (bicyclic) bond motifs is 1. The van der Waals surface area contributed by atoms with Gasteiger partial charge in [-0.3, -0.25) is 9.48 Å². The van der Waals surface area contributed by atoms with E-state index in [4.69, 9.17) is 9.15 Å². The Morgan fingerprint density at radius 2 is 2.00 bits per heavy atom. The molecule has 3 heterocycles. The zero-order valence-electron chi connectivity index (χ0n) is 22.6. The quantitative estimate of drug-likeness (QED) is 0.363. The van der Waals surface area contributed by atoms with E-state index in [9.17, 15) is 31.5 Å². The Hall–Kier alpha value is -3.82. The number of carbonyl (C=O) groups is 2. The van der Waals surface area contributed by atoms with E-state index in [2.05, 4.69) is 15.4 Å². The summed E-state index contributed by atoms with van der Waals surface area (Å²) in [7, 11) is 2.84. The van der Waals surface area contributed by atoms with Crippen molar-refractivity contribution < 1.29 is 45.1 Å². The normalized spacial score (nSPS) is 21.0. The summed E-state index contributed by atoms with van der Waals surface area (Å²) in [5.41, 5.74) is -0.0412. The summed E-state index contributed by atoms with van der Waals surface area (Å²) in [5, 5.41) is 8.60. The predicted octanol–water partition coefficient (Wildman–Crippen LogP) is 4.64. The van der Waals surface area contributed by atoms with Crippen molar-refractivity contribution in [3.8, 4) is 0 Å². The fourth-order valence-electron chi connectivity index (χ4n) is 5.48. The Labute approximate surface area is 235 Å². The minimum absolute atomic E-state index is 0.0333. The lowest BCUT2D eigenvalue weighted by Gasteiger charge is -2.32. The van der Waals surface area contributed by atoms with Crippen LogP contribution in [0, 0.1) is 11.7 Å². The van der Waals surface area contributed by atoms with Gasteiger partial charge < -0.3 is 24.7 Å². The highest BCUT2D eigenvalue weighted by Gasteiger charge is 2.49. The number of amides is 3. The summed E-state index contributed by atoms with van der Waals surface area (Å²) in [6.07, 6.45) is -4.02. The van der Waals surface area contributed by atoms with Crippen molar-refractivity contribution in [2.75, 3.05) is 20.3 Å². The number of aryl methyl sites for hydroxylation is 1. The fourth-order valence-corrected chi connectivity index (χ4v) is 5.48. The number of rotatable bonds is 8. The molecule has 3 amide bonds. The van der Waals surface area contributed by atoms with Crippen molar-refractivity contribution >= 4 is 23.0 Å². The predicted molar refractivity (Wildman–Crippen MR) is 134 cm³/mol. The molecule has 16 heteroatoms. The van der Waals surface area contributed by atoms with E-state index >= 15 is 4.39 Å². The SMILES string of the molecule is COC[C@H](c1cc(F)c2oc([C@@H](NC(=O)c3ccnn3C)C3CCC(F)(F)CC3)nc2c1)N1C[C@@H](C(F)(F)F)NC1=O. The first-order valence-corrected chi connectivity index (χ1v) is 13.2. The molecule has 0 unspecified atom stereocenters. The first kappa shape index (κ1) is 29.7. The van der Waals surface area contributed by atoms with Crippen LogP contribution in [0.25, 0.3) is 11.1 Å². The summed E-state index contributed by atoms with van der Waals surface area (Å²) in [6.45, 7) is -0.957. The number of benzene rings is 1. The molecule has 2 aliphatic rings. The molecule has 2 fully saturated rings. The zero-order chi connectivity index (χ0) is 30.4. The average molecular weight is 603 g/mol. The lowest BCUT2D eigenvalue weighted by atomic mass is 9.82. The Morgan fingerprint density at radius 1 is 1.29 bits per heavy atom. The maximum atomic E-state index is 15.4. The molecule has 1 saturated heterocycles. The van der Waals surface area contributed by atoms with E-state index in [1.807, 2.05) is 5.32 Å². The number of oxazole rings is 1. The molecule has 1 saturated carbocycles. The van der Waals surface area contributed by atoms with Gasteiger partial charge in [-0.05, 0) is 42.5 Å². The van der Waals surface area contributed by atoms with E-state index < -0.39 is 73.3 Å². The molecule has 5 rings (SSSR count). The number of aromatic nitrogens is 3. The molecule has 1 aliphatic heterocycles. The van der Waals surface area contributed by atoms with Gasteiger partial charge in [-0.2, -0.15) is 18.3 Å². The molecule has 1 aromatic carbocycles. The number of urea groups is 1. The second-order valence-electron chi connectivity index (χ2n) is 10.6. The summed E-state index contributed by atoms with van der Waals surface area (Å²) in [6, 6.07) is -1.35. The molecule has 1 aliphatic carbocycles. The highest BCUT2D eigenvalue weighted by atomic mass is 19.4. The number of alkyl halides is 5. The van der Waals surface area contributed by atoms with Crippen LogP contribution in [-0.2, 0) is 11.8 Å². The number of carbonyl (C=O) groups excluding carboxylic acids is 2. The van der Waals surface area contributed by atoms with Gasteiger partial charge in [0.05, 0.1) is 19.2 Å². The molecule has 10 nitrogen and oxygen atoms in total. The maximum absolute atomic E-state index is 15.4. The van der Waals surface area contributed by atoms with Crippen molar-refractivity contribution in [2.45, 2.75) is 55.9 Å². The van der Waals surface area contributed by atoms with Gasteiger partial charge in [-0.25, -0.2) is 22.9 Å². The Morgan fingerprint density at radius 3 is 2.60 bits per heavy atom. The fraction of sp³-hybridized carbons (Fsp3) is 0.538. The average Bonchev–Trinajstić information content (AvgIpc) is 3.64. The molecule has 228 valence electrons. The first-order valence-electron chi connectivity index (χ1n) is 13.2. The van der Waals surface area contributed by atoms with Crippen molar-refractivity contribution in [3.05, 3.63) is 47.4 Å². The standard InChI is InChI=1S/C26H28F6N6O4/c1-37-17(5-8-33-37)22(39)36-20(13-3-6-25(28,29)7-4-13)23-34-16-10-14(9-15(27)21(16)42-23)18(12-41-2)38-11-19(26(30,31)32)35-24(38)40/h5,8-10,13,18-20H,3-4,6-7,11-12H2,1-2H3,(H,35,40)(H,36,39)/t18-,19+,20+/m1/s1. The minimum atomic E-state index is -4.68. The van der Waals surface area contributed by atoms with Crippen LogP contribution in [0.2, 0.25) is 0 Å². The van der Waals surface area contributed by atoms with E-state index in [1.165, 1.54) is 30.1 Å². The number of methoxy groups -OCH3 is 1. The van der Waals surface area contributed by atoms with E-state index in [0.717, 1.165) is 11.0 Å². The Bertz CT molecular complexity index is 1460. The molecule has 2 N–H and O–H groups in total. The van der Waals surface area contributed by atoms with Crippen molar-refractivity contribution in [2.24, 2.45) is 13.0 Å². The van der Waals surface area contributed by atoms with Crippen molar-refractivity contribution in [1.29, 1.82) is 0 Å². The topological polar surface area (TPSA) is 115 Å². The minimum Gasteiger partial charge on any atom is -0.435 e. The molecular formula is C26H28F6N6O4. The molecule has 3 atom stereocenters. The van der Waals surface area contributed by atoms with Crippen LogP contribution in [0.5, 0.6) is 0 Å². The third-order valence-electron chi connectivity index (χ3n) is 7.74. The van der Waals surface area contributed by atoms with Crippen molar-refractivity contribution in [1.82, 2.24) is 30.3 Å². The summed E-state index contributed by atoms with van der Waals surface area (Å²) in [5.74, 6) is -4.96. The van der Waals surface area contributed by atoms with Crippen LogP contribution in [-0.4, -0.2) is 70.0 Å². The number of hydrogen-bond acceptors (Lipinski definition) is 6. The molecule has 0 radical (unpaired) electrons. The van der Waals surface area contributed by atoms with Gasteiger partial charge in [0.1, 0.15) is 23.3 Å². The molecule has 0 bridgehead atoms. The highest BCUT2D eigenvalue weighted by Crippen LogP contribution is 2.42. The molecule has 3 aromatic rings. The van der Waals surface area contributed by atoms with Crippen LogP contribution in [0.4, 0.5) is 31.1 Å². The summed E-state index contributed by atoms with van der Waals surface area (Å²) in [4.78, 5) is 30.8. The molecule has 42 heavy (non-hydrogen) atoms. The van der Waals surface area contributed by atoms with Crippen LogP contribution in [0.3, 0.4) is 0 Å². The van der Waals surface area contributed by atoms with E-state index in [1.54, 1.807) is 7.05 Å². The zero-order valence-corrected chi connectivity index (χ0v) is 22.6. The van der Waals surface area contributed by atoms with E-state index in [-0.39, 0.29) is 47.7 Å². The molecular weight excluding hydrogens is 574 g/mol. The third-order valence-corrected chi connectivity index (χ3v) is 7.74. The third kappa shape index (κ3) is 5.89. The van der Waals surface area contributed by atoms with Gasteiger partial charge >= 0.3 is 12.2 Å². The second-order valence-corrected chi connectivity index (χ2v) is 10.6. The lowest BCUT2D eigenvalue weighted by molar-refractivity contribution is -0.150. The van der Waals surface area contributed by atoms with Crippen molar-refractivity contribution in [3.63, 3.8) is 0 Å². The van der Waals surface area contributed by atoms with Gasteiger partial charge in [-0.15, -0.1) is 0 Å². The molecule has 2 aromatic heterocycles. The monoisotopic (exact) mass is 602 g/mol. The number of nitrogens with one attached hydrogen (secondary N) is 2. The lowest BCUT2D eigenvalue weighted by Crippen LogP contribution is -2.40. The van der Waals surface area contributed by atoms with Gasteiger partial charge in [0.25, 0.3) is 5.91 Å². The Balaban J connectivity index is 1.49. The Kier molecular flexibility index (Phi) is 7.85. The van der Waals surface area contributed by atoms with Gasteiger partial charge in [0.15, 0.2) is 11.4 Å². The smallest absolute Gasteiger partial charge is 0.410 e. The van der Waals surface area contributed by atoms with E-state index in [0.29, 0.717) is 0 Å². The largest absolute Gasteiger partial charge is 0.435 e. The maximum Gasteiger partial charge on any atom is 0.410 e. The van der Waals surface area contributed by atoms with Crippen LogP contribution in [0.15, 0.2) is 28.8 Å². The van der Waals surface area contributed by atoms with Gasteiger partial charge in [0.2, 0.25) is 11.8 Å². The summed E-state index contributed by atoms with van der Waals surface area (Å²) >= 11 is 0. The number of hydrogen-bond donors (Lipinski definition) is 2. The summed E-state index contributed by atoms with van der Waals surface area (Å²) < 4.78 is 95.3. The second kappa shape index (κ2) is 11.1. The van der Waals surface area contributed by atoms with Crippen LogP contribution >= 0.6 is 0 Å². The van der Waals surface area contributed by atoms with Crippen LogP contribution in [0.1, 0.15) is 59.7 Å². The number of nitrogens with zero attached hydrogens (tertiary/aromatic N) is 4. The van der Waals surface area contributed by atoms with Gasteiger partial charge in [-0.1, -0.05) is 0 Å². The first-order chi connectivity index (χ1) is 19.8.